The van der Waals surface area contributed by atoms with Gasteiger partial charge in [0.25, 0.3) is 0 Å². The molecule has 0 aliphatic carbocycles. The molecule has 5 nitrogen and oxygen atoms in total. The number of methoxy groups -OCH3 is 1. The van der Waals surface area contributed by atoms with Gasteiger partial charge in [-0.3, -0.25) is 0 Å². The maximum Gasteiger partial charge on any atom is 0.508 e. The van der Waals surface area contributed by atoms with Crippen molar-refractivity contribution in [3.8, 4) is 0 Å². The zero-order valence-electron chi connectivity index (χ0n) is 9.23. The summed E-state index contributed by atoms with van der Waals surface area (Å²) in [7, 11) is 1.30. The van der Waals surface area contributed by atoms with Gasteiger partial charge in [0.1, 0.15) is 12.2 Å². The third kappa shape index (κ3) is 6.30. The molecule has 0 N–H and O–H groups in total. The van der Waals surface area contributed by atoms with E-state index in [2.05, 4.69) is 4.74 Å². The van der Waals surface area contributed by atoms with Crippen molar-refractivity contribution in [3.63, 3.8) is 0 Å². The van der Waals surface area contributed by atoms with Gasteiger partial charge in [0, 0.05) is 6.61 Å². The highest BCUT2D eigenvalue weighted by atomic mass is 16.7. The maximum absolute atomic E-state index is 10.7. The largest absolute Gasteiger partial charge is 0.508 e. The van der Waals surface area contributed by atoms with Gasteiger partial charge < -0.3 is 18.9 Å². The Hall–Kier alpha value is -0.810. The van der Waals surface area contributed by atoms with Gasteiger partial charge in [-0.2, -0.15) is 0 Å². The molecule has 1 fully saturated rings. The Morgan fingerprint density at radius 1 is 1.60 bits per heavy atom. The van der Waals surface area contributed by atoms with E-state index in [1.165, 1.54) is 7.11 Å². The van der Waals surface area contributed by atoms with Gasteiger partial charge in [0.15, 0.2) is 0 Å². The first-order chi connectivity index (χ1) is 7.22. The van der Waals surface area contributed by atoms with Crippen molar-refractivity contribution in [1.29, 1.82) is 0 Å². The van der Waals surface area contributed by atoms with Crippen LogP contribution < -0.4 is 0 Å². The number of hydrogen-bond acceptors (Lipinski definition) is 5. The van der Waals surface area contributed by atoms with Crippen LogP contribution in [0.1, 0.15) is 19.8 Å². The molecule has 0 aromatic rings. The number of hydrogen-bond donors (Lipinski definition) is 0. The number of rotatable bonds is 7. The van der Waals surface area contributed by atoms with E-state index in [1.807, 2.05) is 6.92 Å². The molecule has 0 amide bonds. The Morgan fingerprint density at radius 3 is 2.93 bits per heavy atom. The van der Waals surface area contributed by atoms with Crippen molar-refractivity contribution >= 4 is 6.16 Å². The van der Waals surface area contributed by atoms with Gasteiger partial charge in [-0.25, -0.2) is 4.79 Å². The summed E-state index contributed by atoms with van der Waals surface area (Å²) in [5.74, 6) is 0. The molecule has 0 radical (unpaired) electrons. The zero-order chi connectivity index (χ0) is 11.1. The Labute approximate surface area is 89.6 Å². The van der Waals surface area contributed by atoms with E-state index in [0.29, 0.717) is 19.3 Å². The van der Waals surface area contributed by atoms with Crippen molar-refractivity contribution in [2.45, 2.75) is 32.0 Å². The fourth-order valence-electron chi connectivity index (χ4n) is 1.12. The topological polar surface area (TPSA) is 57.3 Å². The van der Waals surface area contributed by atoms with Crippen molar-refractivity contribution < 1.29 is 23.7 Å². The van der Waals surface area contributed by atoms with Crippen LogP contribution in [0.25, 0.3) is 0 Å². The summed E-state index contributed by atoms with van der Waals surface area (Å²) in [6, 6.07) is 0. The fourth-order valence-corrected chi connectivity index (χ4v) is 1.12. The standard InChI is InChI=1S/C10H18O5/c1-8(15-10(11)12-2)4-3-5-13-6-9-7-14-9/h8-9H,3-7H2,1-2H3. The summed E-state index contributed by atoms with van der Waals surface area (Å²) in [4.78, 5) is 10.7. The maximum atomic E-state index is 10.7. The first kappa shape index (κ1) is 12.3. The van der Waals surface area contributed by atoms with E-state index in [4.69, 9.17) is 14.2 Å². The minimum atomic E-state index is -0.630. The predicted octanol–water partition coefficient (Wildman–Crippen LogP) is 1.35. The molecule has 1 aliphatic rings. The van der Waals surface area contributed by atoms with Gasteiger partial charge in [-0.15, -0.1) is 0 Å². The summed E-state index contributed by atoms with van der Waals surface area (Å²) < 4.78 is 19.6. The number of epoxide rings is 1. The first-order valence-electron chi connectivity index (χ1n) is 5.16. The second kappa shape index (κ2) is 6.63. The van der Waals surface area contributed by atoms with Crippen molar-refractivity contribution in [1.82, 2.24) is 0 Å². The van der Waals surface area contributed by atoms with E-state index in [-0.39, 0.29) is 6.10 Å². The molecule has 88 valence electrons. The highest BCUT2D eigenvalue weighted by Crippen LogP contribution is 2.09. The molecule has 1 saturated heterocycles. The molecule has 1 heterocycles. The van der Waals surface area contributed by atoms with E-state index < -0.39 is 6.16 Å². The smallest absolute Gasteiger partial charge is 0.438 e. The molecule has 0 aromatic carbocycles. The van der Waals surface area contributed by atoms with Gasteiger partial charge in [0.05, 0.1) is 20.3 Å². The number of ether oxygens (including phenoxy) is 4. The van der Waals surface area contributed by atoms with Gasteiger partial charge in [-0.05, 0) is 19.8 Å². The van der Waals surface area contributed by atoms with Gasteiger partial charge in [0.2, 0.25) is 0 Å². The van der Waals surface area contributed by atoms with Crippen LogP contribution in [0.3, 0.4) is 0 Å². The molecular formula is C10H18O5. The Balaban J connectivity index is 1.86. The van der Waals surface area contributed by atoms with Crippen molar-refractivity contribution in [2.75, 3.05) is 26.9 Å². The van der Waals surface area contributed by atoms with Crippen LogP contribution in [-0.4, -0.2) is 45.3 Å². The van der Waals surface area contributed by atoms with Crippen LogP contribution in [0, 0.1) is 0 Å². The molecule has 1 rings (SSSR count). The van der Waals surface area contributed by atoms with E-state index >= 15 is 0 Å². The third-order valence-electron chi connectivity index (χ3n) is 2.07. The summed E-state index contributed by atoms with van der Waals surface area (Å²) >= 11 is 0. The normalized spacial score (nSPS) is 20.8. The van der Waals surface area contributed by atoms with Crippen molar-refractivity contribution in [3.05, 3.63) is 0 Å². The lowest BCUT2D eigenvalue weighted by Crippen LogP contribution is -2.15. The Kier molecular flexibility index (Phi) is 5.42. The quantitative estimate of drug-likeness (QED) is 0.367. The van der Waals surface area contributed by atoms with E-state index in [9.17, 15) is 4.79 Å². The summed E-state index contributed by atoms with van der Waals surface area (Å²) in [6.45, 7) is 4.00. The summed E-state index contributed by atoms with van der Waals surface area (Å²) in [5.41, 5.74) is 0. The third-order valence-corrected chi connectivity index (χ3v) is 2.07. The molecule has 2 atom stereocenters. The van der Waals surface area contributed by atoms with Gasteiger partial charge >= 0.3 is 6.16 Å². The first-order valence-corrected chi connectivity index (χ1v) is 5.16. The highest BCUT2D eigenvalue weighted by Gasteiger charge is 2.22. The van der Waals surface area contributed by atoms with E-state index in [1.54, 1.807) is 0 Å². The lowest BCUT2D eigenvalue weighted by molar-refractivity contribution is 0.0349. The molecule has 5 heteroatoms. The fraction of sp³-hybridized carbons (Fsp3) is 0.900. The molecule has 1 aliphatic heterocycles. The average molecular weight is 218 g/mol. The number of carbonyl (C=O) groups excluding carboxylic acids is 1. The van der Waals surface area contributed by atoms with Gasteiger partial charge in [-0.1, -0.05) is 0 Å². The lowest BCUT2D eigenvalue weighted by Gasteiger charge is -2.11. The SMILES string of the molecule is COC(=O)OC(C)CCCOCC1CO1. The van der Waals surface area contributed by atoms with Crippen molar-refractivity contribution in [2.24, 2.45) is 0 Å². The lowest BCUT2D eigenvalue weighted by atomic mass is 10.2. The summed E-state index contributed by atoms with van der Waals surface area (Å²) in [5, 5.41) is 0. The Morgan fingerprint density at radius 2 is 2.33 bits per heavy atom. The minimum Gasteiger partial charge on any atom is -0.438 e. The zero-order valence-corrected chi connectivity index (χ0v) is 9.23. The van der Waals surface area contributed by atoms with E-state index in [0.717, 1.165) is 19.4 Å². The van der Waals surface area contributed by atoms with Crippen LogP contribution in [0.2, 0.25) is 0 Å². The molecule has 0 bridgehead atoms. The molecule has 2 unspecified atom stereocenters. The van der Waals surface area contributed by atoms with Crippen LogP contribution >= 0.6 is 0 Å². The number of carbonyl (C=O) groups is 1. The molecule has 15 heavy (non-hydrogen) atoms. The molecular weight excluding hydrogens is 200 g/mol. The highest BCUT2D eigenvalue weighted by molar-refractivity contribution is 5.59. The van der Waals surface area contributed by atoms with Crippen LogP contribution in [0.15, 0.2) is 0 Å². The minimum absolute atomic E-state index is 0.127. The van der Waals surface area contributed by atoms with Crippen LogP contribution in [0.5, 0.6) is 0 Å². The molecule has 0 spiro atoms. The van der Waals surface area contributed by atoms with Crippen LogP contribution in [-0.2, 0) is 18.9 Å². The molecule has 0 saturated carbocycles. The molecule has 0 aromatic heterocycles. The Bertz CT molecular complexity index is 190. The monoisotopic (exact) mass is 218 g/mol. The van der Waals surface area contributed by atoms with Crippen LogP contribution in [0.4, 0.5) is 4.79 Å². The summed E-state index contributed by atoms with van der Waals surface area (Å²) in [6.07, 6.45) is 1.20. The average Bonchev–Trinajstić information content (AvgIpc) is 3.01. The second-order valence-corrected chi connectivity index (χ2v) is 3.56. The predicted molar refractivity (Wildman–Crippen MR) is 52.7 cm³/mol. The second-order valence-electron chi connectivity index (χ2n) is 3.56.